The van der Waals surface area contributed by atoms with Crippen LogP contribution in [0, 0.1) is 17.8 Å². The molecule has 0 aromatic carbocycles. The Kier molecular flexibility index (Phi) is 5.21. The van der Waals surface area contributed by atoms with E-state index in [1.807, 2.05) is 19.1 Å². The Balaban J connectivity index is 1.95. The van der Waals surface area contributed by atoms with Crippen LogP contribution in [0.15, 0.2) is 15.9 Å². The van der Waals surface area contributed by atoms with Gasteiger partial charge in [0.25, 0.3) is 0 Å². The Labute approximate surface area is 130 Å². The average molecular weight is 360 g/mol. The van der Waals surface area contributed by atoms with Crippen molar-refractivity contribution in [3.05, 3.63) is 20.8 Å². The summed E-state index contributed by atoms with van der Waals surface area (Å²) < 4.78 is 1.03. The summed E-state index contributed by atoms with van der Waals surface area (Å²) in [6.45, 7) is 2.52. The number of carboxylic acid groups (broad SMARTS) is 1. The molecule has 1 amide bonds. The predicted octanol–water partition coefficient (Wildman–Crippen LogP) is 3.26. The second-order valence-corrected chi connectivity index (χ2v) is 7.77. The normalized spacial score (nSPS) is 25.6. The van der Waals surface area contributed by atoms with E-state index in [2.05, 4.69) is 21.2 Å². The maximum absolute atomic E-state index is 12.2. The summed E-state index contributed by atoms with van der Waals surface area (Å²) >= 11 is 4.95. The van der Waals surface area contributed by atoms with Gasteiger partial charge in [-0.05, 0) is 46.8 Å². The molecule has 20 heavy (non-hydrogen) atoms. The zero-order valence-corrected chi connectivity index (χ0v) is 13.7. The maximum Gasteiger partial charge on any atom is 0.307 e. The Morgan fingerprint density at radius 1 is 1.40 bits per heavy atom. The lowest BCUT2D eigenvalue weighted by molar-refractivity contribution is -0.146. The van der Waals surface area contributed by atoms with Crippen molar-refractivity contribution in [2.45, 2.75) is 32.7 Å². The second-order valence-electron chi connectivity index (χ2n) is 5.22. The van der Waals surface area contributed by atoms with Gasteiger partial charge in [0.2, 0.25) is 5.91 Å². The fourth-order valence-corrected chi connectivity index (χ4v) is 4.21. The van der Waals surface area contributed by atoms with Crippen molar-refractivity contribution in [1.29, 1.82) is 0 Å². The van der Waals surface area contributed by atoms with Crippen LogP contribution in [0.2, 0.25) is 0 Å². The minimum atomic E-state index is -0.847. The Hall–Kier alpha value is -0.880. The fraction of sp³-hybridized carbons (Fsp3) is 0.571. The molecule has 6 heteroatoms. The molecule has 0 aliphatic heterocycles. The molecule has 1 aromatic rings. The number of carbonyl (C=O) groups is 2. The van der Waals surface area contributed by atoms with E-state index in [0.29, 0.717) is 25.3 Å². The number of hydrogen-bond donors (Lipinski definition) is 2. The lowest BCUT2D eigenvalue weighted by atomic mass is 9.95. The molecular weight excluding hydrogens is 342 g/mol. The Morgan fingerprint density at radius 2 is 2.10 bits per heavy atom. The number of thiophene rings is 1. The fourth-order valence-electron chi connectivity index (χ4n) is 2.79. The van der Waals surface area contributed by atoms with Gasteiger partial charge in [-0.25, -0.2) is 0 Å². The van der Waals surface area contributed by atoms with Crippen LogP contribution < -0.4 is 5.32 Å². The smallest absolute Gasteiger partial charge is 0.307 e. The van der Waals surface area contributed by atoms with E-state index in [4.69, 9.17) is 0 Å². The molecule has 2 rings (SSSR count). The molecule has 0 spiro atoms. The highest BCUT2D eigenvalue weighted by molar-refractivity contribution is 9.11. The topological polar surface area (TPSA) is 66.4 Å². The van der Waals surface area contributed by atoms with Gasteiger partial charge in [-0.1, -0.05) is 13.3 Å². The first-order valence-corrected chi connectivity index (χ1v) is 8.37. The molecule has 3 atom stereocenters. The number of nitrogens with one attached hydrogen (secondary N) is 1. The van der Waals surface area contributed by atoms with E-state index in [-0.39, 0.29) is 11.8 Å². The predicted molar refractivity (Wildman–Crippen MR) is 81.5 cm³/mol. The molecule has 4 nitrogen and oxygen atoms in total. The number of aliphatic carboxylic acids is 1. The first-order valence-electron chi connectivity index (χ1n) is 6.76. The molecule has 2 N–H and O–H groups in total. The maximum atomic E-state index is 12.2. The minimum absolute atomic E-state index is 0.127. The molecule has 3 unspecified atom stereocenters. The molecule has 1 aromatic heterocycles. The van der Waals surface area contributed by atoms with Crippen LogP contribution in [0.1, 0.15) is 31.1 Å². The highest BCUT2D eigenvalue weighted by atomic mass is 79.9. The largest absolute Gasteiger partial charge is 0.481 e. The number of halogens is 1. The lowest BCUT2D eigenvalue weighted by Crippen LogP contribution is -2.34. The molecular formula is C14H18BrNO3S. The monoisotopic (exact) mass is 359 g/mol. The van der Waals surface area contributed by atoms with Crippen molar-refractivity contribution in [2.75, 3.05) is 0 Å². The van der Waals surface area contributed by atoms with E-state index in [0.717, 1.165) is 15.1 Å². The quantitative estimate of drug-likeness (QED) is 0.847. The molecule has 1 aliphatic rings. The molecule has 1 aliphatic carbocycles. The van der Waals surface area contributed by atoms with Crippen LogP contribution >= 0.6 is 27.3 Å². The number of hydrogen-bond acceptors (Lipinski definition) is 3. The number of rotatable bonds is 5. The summed E-state index contributed by atoms with van der Waals surface area (Å²) in [6.07, 6.45) is 2.24. The summed E-state index contributed by atoms with van der Waals surface area (Å²) in [4.78, 5) is 24.5. The third kappa shape index (κ3) is 3.61. The highest BCUT2D eigenvalue weighted by Crippen LogP contribution is 2.38. The van der Waals surface area contributed by atoms with Crippen LogP contribution in [-0.4, -0.2) is 17.0 Å². The van der Waals surface area contributed by atoms with Gasteiger partial charge in [0.05, 0.1) is 22.2 Å². The molecule has 0 bridgehead atoms. The highest BCUT2D eigenvalue weighted by Gasteiger charge is 2.41. The summed E-state index contributed by atoms with van der Waals surface area (Å²) in [5, 5.41) is 12.1. The number of carboxylic acids is 1. The summed E-state index contributed by atoms with van der Waals surface area (Å²) in [5.41, 5.74) is 0. The van der Waals surface area contributed by atoms with Crippen LogP contribution in [0.3, 0.4) is 0 Å². The third-order valence-corrected chi connectivity index (χ3v) is 5.58. The molecule has 1 saturated carbocycles. The van der Waals surface area contributed by atoms with Crippen molar-refractivity contribution in [3.63, 3.8) is 0 Å². The minimum Gasteiger partial charge on any atom is -0.481 e. The molecule has 0 saturated heterocycles. The summed E-state index contributed by atoms with van der Waals surface area (Å²) in [5.74, 6) is -1.54. The van der Waals surface area contributed by atoms with E-state index >= 15 is 0 Å². The SMILES string of the molecule is CCC1CC(C(=O)O)C(C(=O)NCc2ccc(Br)s2)C1. The first-order chi connectivity index (χ1) is 9.51. The van der Waals surface area contributed by atoms with Crippen molar-refractivity contribution in [1.82, 2.24) is 5.32 Å². The van der Waals surface area contributed by atoms with Crippen molar-refractivity contribution in [3.8, 4) is 0 Å². The molecule has 1 heterocycles. The number of carbonyl (C=O) groups excluding carboxylic acids is 1. The van der Waals surface area contributed by atoms with E-state index in [1.54, 1.807) is 11.3 Å². The van der Waals surface area contributed by atoms with Crippen molar-refractivity contribution in [2.24, 2.45) is 17.8 Å². The summed E-state index contributed by atoms with van der Waals surface area (Å²) in [7, 11) is 0. The van der Waals surface area contributed by atoms with Gasteiger partial charge in [-0.3, -0.25) is 9.59 Å². The molecule has 1 fully saturated rings. The van der Waals surface area contributed by atoms with Gasteiger partial charge < -0.3 is 10.4 Å². The average Bonchev–Trinajstić information content (AvgIpc) is 3.02. The van der Waals surface area contributed by atoms with Gasteiger partial charge in [0.15, 0.2) is 0 Å². The van der Waals surface area contributed by atoms with Gasteiger partial charge in [-0.15, -0.1) is 11.3 Å². The zero-order chi connectivity index (χ0) is 14.7. The standard InChI is InChI=1S/C14H18BrNO3S/c1-2-8-5-10(11(6-8)14(18)19)13(17)16-7-9-3-4-12(15)20-9/h3-4,8,10-11H,2,5-7H2,1H3,(H,16,17)(H,18,19). The Bertz CT molecular complexity index is 502. The van der Waals surface area contributed by atoms with E-state index in [1.165, 1.54) is 0 Å². The number of amides is 1. The van der Waals surface area contributed by atoms with E-state index < -0.39 is 11.9 Å². The molecule has 0 radical (unpaired) electrons. The second kappa shape index (κ2) is 6.72. The molecule has 110 valence electrons. The van der Waals surface area contributed by atoms with E-state index in [9.17, 15) is 14.7 Å². The van der Waals surface area contributed by atoms with Gasteiger partial charge in [0, 0.05) is 4.88 Å². The zero-order valence-electron chi connectivity index (χ0n) is 11.3. The van der Waals surface area contributed by atoms with Gasteiger partial charge in [0.1, 0.15) is 0 Å². The van der Waals surface area contributed by atoms with Crippen LogP contribution in [-0.2, 0) is 16.1 Å². The third-order valence-electron chi connectivity index (χ3n) is 3.96. The summed E-state index contributed by atoms with van der Waals surface area (Å²) in [6, 6.07) is 3.89. The van der Waals surface area contributed by atoms with Crippen LogP contribution in [0.4, 0.5) is 0 Å². The first kappa shape index (κ1) is 15.5. The van der Waals surface area contributed by atoms with Crippen LogP contribution in [0.5, 0.6) is 0 Å². The van der Waals surface area contributed by atoms with Gasteiger partial charge in [-0.2, -0.15) is 0 Å². The Morgan fingerprint density at radius 3 is 2.65 bits per heavy atom. The van der Waals surface area contributed by atoms with Crippen molar-refractivity contribution >= 4 is 39.1 Å². The van der Waals surface area contributed by atoms with Crippen LogP contribution in [0.25, 0.3) is 0 Å². The van der Waals surface area contributed by atoms with Gasteiger partial charge >= 0.3 is 5.97 Å². The lowest BCUT2D eigenvalue weighted by Gasteiger charge is -2.15. The van der Waals surface area contributed by atoms with Crippen molar-refractivity contribution < 1.29 is 14.7 Å².